The lowest BCUT2D eigenvalue weighted by Gasteiger charge is -2.13. The molecule has 2 aromatic rings. The van der Waals surface area contributed by atoms with Crippen LogP contribution < -0.4 is 19.5 Å². The SMILES string of the molecule is COc1cc(OC)c(NC(=O)COc2ccc(C#N)cc2Cl)cc1Cl. The van der Waals surface area contributed by atoms with Crippen LogP contribution >= 0.6 is 23.2 Å². The van der Waals surface area contributed by atoms with E-state index in [0.717, 1.165) is 0 Å². The molecule has 25 heavy (non-hydrogen) atoms. The zero-order valence-electron chi connectivity index (χ0n) is 13.4. The average Bonchev–Trinajstić information content (AvgIpc) is 2.60. The molecule has 0 aliphatic carbocycles. The molecule has 0 aliphatic rings. The van der Waals surface area contributed by atoms with Crippen molar-refractivity contribution in [3.8, 4) is 23.3 Å². The van der Waals surface area contributed by atoms with Gasteiger partial charge in [0, 0.05) is 6.07 Å². The fourth-order valence-electron chi connectivity index (χ4n) is 1.97. The van der Waals surface area contributed by atoms with Gasteiger partial charge in [-0.25, -0.2) is 0 Å². The molecule has 1 N–H and O–H groups in total. The van der Waals surface area contributed by atoms with E-state index in [-0.39, 0.29) is 11.6 Å². The van der Waals surface area contributed by atoms with Crippen LogP contribution in [0.2, 0.25) is 10.0 Å². The van der Waals surface area contributed by atoms with Gasteiger partial charge in [-0.2, -0.15) is 5.26 Å². The molecule has 0 saturated heterocycles. The van der Waals surface area contributed by atoms with Crippen LogP contribution in [-0.4, -0.2) is 26.7 Å². The zero-order valence-corrected chi connectivity index (χ0v) is 14.9. The third-order valence-electron chi connectivity index (χ3n) is 3.17. The second-order valence-corrected chi connectivity index (χ2v) is 5.60. The van der Waals surface area contributed by atoms with Crippen molar-refractivity contribution in [2.45, 2.75) is 0 Å². The average molecular weight is 381 g/mol. The number of methoxy groups -OCH3 is 2. The monoisotopic (exact) mass is 380 g/mol. The summed E-state index contributed by atoms with van der Waals surface area (Å²) in [6.07, 6.45) is 0. The van der Waals surface area contributed by atoms with Gasteiger partial charge in [-0.05, 0) is 24.3 Å². The first-order valence-electron chi connectivity index (χ1n) is 7.02. The van der Waals surface area contributed by atoms with Crippen molar-refractivity contribution < 1.29 is 19.0 Å². The van der Waals surface area contributed by atoms with E-state index >= 15 is 0 Å². The number of ether oxygens (including phenoxy) is 3. The van der Waals surface area contributed by atoms with E-state index in [9.17, 15) is 4.79 Å². The van der Waals surface area contributed by atoms with E-state index in [2.05, 4.69) is 5.32 Å². The Morgan fingerprint density at radius 3 is 2.36 bits per heavy atom. The molecule has 0 aliphatic heterocycles. The van der Waals surface area contributed by atoms with Crippen LogP contribution in [0.3, 0.4) is 0 Å². The number of halogens is 2. The Bertz CT molecular complexity index is 834. The van der Waals surface area contributed by atoms with E-state index in [1.54, 1.807) is 12.1 Å². The maximum absolute atomic E-state index is 12.1. The molecule has 2 aromatic carbocycles. The molecule has 8 heteroatoms. The van der Waals surface area contributed by atoms with Gasteiger partial charge in [-0.15, -0.1) is 0 Å². The zero-order chi connectivity index (χ0) is 18.4. The third-order valence-corrected chi connectivity index (χ3v) is 3.76. The van der Waals surface area contributed by atoms with E-state index in [0.29, 0.717) is 33.5 Å². The normalized spacial score (nSPS) is 9.88. The van der Waals surface area contributed by atoms with Gasteiger partial charge >= 0.3 is 0 Å². The molecule has 6 nitrogen and oxygen atoms in total. The van der Waals surface area contributed by atoms with Crippen molar-refractivity contribution >= 4 is 34.8 Å². The van der Waals surface area contributed by atoms with Gasteiger partial charge < -0.3 is 19.5 Å². The Labute approximate surface area is 154 Å². The van der Waals surface area contributed by atoms with Crippen LogP contribution in [0.1, 0.15) is 5.56 Å². The van der Waals surface area contributed by atoms with Gasteiger partial charge in [-0.1, -0.05) is 23.2 Å². The van der Waals surface area contributed by atoms with Gasteiger partial charge in [0.05, 0.1) is 41.6 Å². The molecular weight excluding hydrogens is 367 g/mol. The summed E-state index contributed by atoms with van der Waals surface area (Å²) >= 11 is 12.1. The summed E-state index contributed by atoms with van der Waals surface area (Å²) < 4.78 is 15.7. The van der Waals surface area contributed by atoms with Crippen molar-refractivity contribution in [3.63, 3.8) is 0 Å². The Hall–Kier alpha value is -2.62. The molecule has 0 atom stereocenters. The Kier molecular flexibility index (Phi) is 6.34. The summed E-state index contributed by atoms with van der Waals surface area (Å²) in [7, 11) is 2.94. The van der Waals surface area contributed by atoms with Crippen LogP contribution in [0.15, 0.2) is 30.3 Å². The highest BCUT2D eigenvalue weighted by atomic mass is 35.5. The number of amides is 1. The first-order chi connectivity index (χ1) is 12.0. The Balaban J connectivity index is 2.06. The van der Waals surface area contributed by atoms with Gasteiger partial charge in [0.25, 0.3) is 5.91 Å². The van der Waals surface area contributed by atoms with Crippen molar-refractivity contribution in [3.05, 3.63) is 45.9 Å². The van der Waals surface area contributed by atoms with E-state index in [1.165, 1.54) is 32.4 Å². The first kappa shape index (κ1) is 18.7. The van der Waals surface area contributed by atoms with Crippen molar-refractivity contribution in [1.29, 1.82) is 5.26 Å². The summed E-state index contributed by atoms with van der Waals surface area (Å²) in [4.78, 5) is 12.1. The molecule has 0 fully saturated rings. The molecule has 0 heterocycles. The second-order valence-electron chi connectivity index (χ2n) is 4.78. The van der Waals surface area contributed by atoms with Crippen LogP contribution in [0.25, 0.3) is 0 Å². The summed E-state index contributed by atoms with van der Waals surface area (Å²) in [5, 5.41) is 12.0. The lowest BCUT2D eigenvalue weighted by atomic mass is 10.2. The summed E-state index contributed by atoms with van der Waals surface area (Å²) in [5.74, 6) is 0.693. The molecule has 0 aromatic heterocycles. The van der Waals surface area contributed by atoms with Gasteiger partial charge in [-0.3, -0.25) is 4.79 Å². The molecule has 0 bridgehead atoms. The number of rotatable bonds is 6. The van der Waals surface area contributed by atoms with Gasteiger partial charge in [0.2, 0.25) is 0 Å². The predicted molar refractivity (Wildman–Crippen MR) is 94.8 cm³/mol. The second kappa shape index (κ2) is 8.47. The number of nitrogens with one attached hydrogen (secondary N) is 1. The third kappa shape index (κ3) is 4.69. The summed E-state index contributed by atoms with van der Waals surface area (Å²) in [6.45, 7) is -0.279. The van der Waals surface area contributed by atoms with Crippen LogP contribution in [-0.2, 0) is 4.79 Å². The molecule has 0 radical (unpaired) electrons. The van der Waals surface area contributed by atoms with Crippen molar-refractivity contribution in [1.82, 2.24) is 0 Å². The fourth-order valence-corrected chi connectivity index (χ4v) is 2.45. The molecular formula is C17H14Cl2N2O4. The Morgan fingerprint density at radius 1 is 1.08 bits per heavy atom. The minimum atomic E-state index is -0.431. The number of hydrogen-bond acceptors (Lipinski definition) is 5. The topological polar surface area (TPSA) is 80.6 Å². The van der Waals surface area contributed by atoms with E-state index < -0.39 is 5.91 Å². The van der Waals surface area contributed by atoms with Gasteiger partial charge in [0.15, 0.2) is 6.61 Å². The lowest BCUT2D eigenvalue weighted by Crippen LogP contribution is -2.20. The summed E-state index contributed by atoms with van der Waals surface area (Å²) in [5.41, 5.74) is 0.784. The number of benzene rings is 2. The van der Waals surface area contributed by atoms with Crippen LogP contribution in [0, 0.1) is 11.3 Å². The molecule has 1 amide bonds. The number of nitrogens with zero attached hydrogens (tertiary/aromatic N) is 1. The van der Waals surface area contributed by atoms with Gasteiger partial charge in [0.1, 0.15) is 17.2 Å². The molecule has 0 saturated carbocycles. The van der Waals surface area contributed by atoms with E-state index in [4.69, 9.17) is 42.7 Å². The molecule has 2 rings (SSSR count). The molecule has 130 valence electrons. The minimum absolute atomic E-state index is 0.247. The molecule has 0 unspecified atom stereocenters. The Morgan fingerprint density at radius 2 is 1.76 bits per heavy atom. The standard InChI is InChI=1S/C17H14Cl2N2O4/c1-23-15-7-16(24-2)13(6-12(15)19)21-17(22)9-25-14-4-3-10(8-20)5-11(14)18/h3-7H,9H2,1-2H3,(H,21,22). The first-order valence-corrected chi connectivity index (χ1v) is 7.78. The van der Waals surface area contributed by atoms with Crippen molar-refractivity contribution in [2.24, 2.45) is 0 Å². The van der Waals surface area contributed by atoms with E-state index in [1.807, 2.05) is 6.07 Å². The molecule has 0 spiro atoms. The number of anilines is 1. The number of carbonyl (C=O) groups is 1. The lowest BCUT2D eigenvalue weighted by molar-refractivity contribution is -0.118. The number of hydrogen-bond donors (Lipinski definition) is 1. The summed E-state index contributed by atoms with van der Waals surface area (Å²) in [6, 6.07) is 9.58. The number of carbonyl (C=O) groups excluding carboxylic acids is 1. The quantitative estimate of drug-likeness (QED) is 0.821. The number of nitriles is 1. The maximum Gasteiger partial charge on any atom is 0.262 e. The van der Waals surface area contributed by atoms with Crippen molar-refractivity contribution in [2.75, 3.05) is 26.1 Å². The highest BCUT2D eigenvalue weighted by molar-refractivity contribution is 6.32. The highest BCUT2D eigenvalue weighted by Gasteiger charge is 2.13. The highest BCUT2D eigenvalue weighted by Crippen LogP contribution is 2.35. The fraction of sp³-hybridized carbons (Fsp3) is 0.176. The predicted octanol–water partition coefficient (Wildman–Crippen LogP) is 3.90. The largest absolute Gasteiger partial charge is 0.495 e. The smallest absolute Gasteiger partial charge is 0.262 e. The van der Waals surface area contributed by atoms with Crippen LogP contribution in [0.5, 0.6) is 17.2 Å². The minimum Gasteiger partial charge on any atom is -0.495 e. The maximum atomic E-state index is 12.1. The van der Waals surface area contributed by atoms with Crippen LogP contribution in [0.4, 0.5) is 5.69 Å².